The molecule has 0 aliphatic carbocycles. The highest BCUT2D eigenvalue weighted by atomic mass is 16.5. The predicted octanol–water partition coefficient (Wildman–Crippen LogP) is 2.57. The lowest BCUT2D eigenvalue weighted by molar-refractivity contribution is -0.126. The highest BCUT2D eigenvalue weighted by Crippen LogP contribution is 2.36. The normalized spacial score (nSPS) is 18.4. The summed E-state index contributed by atoms with van der Waals surface area (Å²) in [5.74, 6) is 0.778. The summed E-state index contributed by atoms with van der Waals surface area (Å²) >= 11 is 0. The number of anilines is 2. The number of carbonyl (C=O) groups is 1. The average Bonchev–Trinajstić information content (AvgIpc) is 2.37. The van der Waals surface area contributed by atoms with Crippen molar-refractivity contribution in [1.82, 2.24) is 0 Å². The molecule has 4 heteroatoms. The first-order valence-corrected chi connectivity index (χ1v) is 6.55. The average molecular weight is 248 g/mol. The SMILES string of the molecule is CCCCN1C(=O)C(CC)Oc2cc(N)ccc21. The zero-order chi connectivity index (χ0) is 13.1. The molecule has 0 saturated heterocycles. The zero-order valence-corrected chi connectivity index (χ0v) is 11.0. The number of unbranched alkanes of at least 4 members (excludes halogenated alkanes) is 1. The van der Waals surface area contributed by atoms with Gasteiger partial charge in [0.1, 0.15) is 5.75 Å². The van der Waals surface area contributed by atoms with Gasteiger partial charge in [0.2, 0.25) is 0 Å². The summed E-state index contributed by atoms with van der Waals surface area (Å²) in [5.41, 5.74) is 7.27. The van der Waals surface area contributed by atoms with Crippen LogP contribution in [0.3, 0.4) is 0 Å². The van der Waals surface area contributed by atoms with Crippen LogP contribution in [-0.2, 0) is 4.79 Å². The second kappa shape index (κ2) is 5.29. The van der Waals surface area contributed by atoms with E-state index in [9.17, 15) is 4.79 Å². The van der Waals surface area contributed by atoms with Gasteiger partial charge in [0.25, 0.3) is 5.91 Å². The summed E-state index contributed by atoms with van der Waals surface area (Å²) in [5, 5.41) is 0. The Morgan fingerprint density at radius 3 is 2.83 bits per heavy atom. The molecular formula is C14H20N2O2. The third-order valence-electron chi connectivity index (χ3n) is 3.19. The molecule has 4 nitrogen and oxygen atoms in total. The van der Waals surface area contributed by atoms with Gasteiger partial charge in [0.05, 0.1) is 5.69 Å². The fraction of sp³-hybridized carbons (Fsp3) is 0.500. The maximum Gasteiger partial charge on any atom is 0.268 e. The van der Waals surface area contributed by atoms with Crippen molar-refractivity contribution in [2.75, 3.05) is 17.2 Å². The highest BCUT2D eigenvalue weighted by Gasteiger charge is 2.32. The first kappa shape index (κ1) is 12.7. The van der Waals surface area contributed by atoms with Crippen LogP contribution in [0.25, 0.3) is 0 Å². The summed E-state index contributed by atoms with van der Waals surface area (Å²) in [6, 6.07) is 5.47. The molecule has 1 heterocycles. The van der Waals surface area contributed by atoms with Crippen LogP contribution in [0.2, 0.25) is 0 Å². The molecule has 18 heavy (non-hydrogen) atoms. The Labute approximate surface area is 108 Å². The third kappa shape index (κ3) is 2.28. The van der Waals surface area contributed by atoms with Crippen LogP contribution in [0.5, 0.6) is 5.75 Å². The Balaban J connectivity index is 2.35. The molecule has 1 aliphatic rings. The number of nitrogen functional groups attached to an aromatic ring is 1. The first-order chi connectivity index (χ1) is 8.67. The summed E-state index contributed by atoms with van der Waals surface area (Å²) in [6.07, 6.45) is 2.35. The molecule has 0 aromatic heterocycles. The van der Waals surface area contributed by atoms with Crippen LogP contribution in [0.4, 0.5) is 11.4 Å². The summed E-state index contributed by atoms with van der Waals surface area (Å²) in [6.45, 7) is 4.82. The van der Waals surface area contributed by atoms with Crippen molar-refractivity contribution in [1.29, 1.82) is 0 Å². The number of amides is 1. The van der Waals surface area contributed by atoms with Gasteiger partial charge in [0.15, 0.2) is 6.10 Å². The van der Waals surface area contributed by atoms with Crippen molar-refractivity contribution >= 4 is 17.3 Å². The number of rotatable bonds is 4. The van der Waals surface area contributed by atoms with E-state index in [4.69, 9.17) is 10.5 Å². The van der Waals surface area contributed by atoms with Gasteiger partial charge >= 0.3 is 0 Å². The molecule has 0 bridgehead atoms. The molecule has 0 fully saturated rings. The van der Waals surface area contributed by atoms with E-state index in [2.05, 4.69) is 6.92 Å². The number of hydrogen-bond acceptors (Lipinski definition) is 3. The largest absolute Gasteiger partial charge is 0.478 e. The van der Waals surface area contributed by atoms with Gasteiger partial charge < -0.3 is 15.4 Å². The number of carbonyl (C=O) groups excluding carboxylic acids is 1. The van der Waals surface area contributed by atoms with Crippen molar-refractivity contribution < 1.29 is 9.53 Å². The van der Waals surface area contributed by atoms with E-state index in [0.29, 0.717) is 12.1 Å². The monoisotopic (exact) mass is 248 g/mol. The third-order valence-corrected chi connectivity index (χ3v) is 3.19. The molecular weight excluding hydrogens is 228 g/mol. The van der Waals surface area contributed by atoms with Crippen LogP contribution < -0.4 is 15.4 Å². The van der Waals surface area contributed by atoms with E-state index in [1.54, 1.807) is 12.1 Å². The molecule has 1 amide bonds. The zero-order valence-electron chi connectivity index (χ0n) is 11.0. The molecule has 2 N–H and O–H groups in total. The summed E-state index contributed by atoms with van der Waals surface area (Å²) < 4.78 is 5.71. The molecule has 0 spiro atoms. The molecule has 0 radical (unpaired) electrons. The lowest BCUT2D eigenvalue weighted by Gasteiger charge is -2.34. The minimum Gasteiger partial charge on any atom is -0.478 e. The van der Waals surface area contributed by atoms with Crippen molar-refractivity contribution in [3.8, 4) is 5.75 Å². The lowest BCUT2D eigenvalue weighted by Crippen LogP contribution is -2.46. The Morgan fingerprint density at radius 2 is 2.17 bits per heavy atom. The number of nitrogens with zero attached hydrogens (tertiary/aromatic N) is 1. The van der Waals surface area contributed by atoms with Gasteiger partial charge in [-0.2, -0.15) is 0 Å². The van der Waals surface area contributed by atoms with Gasteiger partial charge in [-0.15, -0.1) is 0 Å². The standard InChI is InChI=1S/C14H20N2O2/c1-3-5-8-16-11-7-6-10(15)9-13(11)18-12(4-2)14(16)17/h6-7,9,12H,3-5,8,15H2,1-2H3. The van der Waals surface area contributed by atoms with Crippen LogP contribution in [0.15, 0.2) is 18.2 Å². The van der Waals surface area contributed by atoms with Crippen molar-refractivity contribution in [3.05, 3.63) is 18.2 Å². The highest BCUT2D eigenvalue weighted by molar-refractivity contribution is 6.00. The van der Waals surface area contributed by atoms with Crippen LogP contribution in [-0.4, -0.2) is 18.6 Å². The molecule has 0 saturated carbocycles. The maximum atomic E-state index is 12.3. The molecule has 1 aromatic rings. The van der Waals surface area contributed by atoms with Crippen LogP contribution in [0, 0.1) is 0 Å². The minimum atomic E-state index is -0.379. The fourth-order valence-corrected chi connectivity index (χ4v) is 2.15. The van der Waals surface area contributed by atoms with Gasteiger partial charge in [-0.25, -0.2) is 0 Å². The van der Waals surface area contributed by atoms with E-state index in [1.807, 2.05) is 17.9 Å². The second-order valence-electron chi connectivity index (χ2n) is 4.59. The van der Waals surface area contributed by atoms with Crippen LogP contribution >= 0.6 is 0 Å². The van der Waals surface area contributed by atoms with Gasteiger partial charge in [-0.1, -0.05) is 20.3 Å². The van der Waals surface area contributed by atoms with E-state index in [0.717, 1.165) is 30.8 Å². The quantitative estimate of drug-likeness (QED) is 0.833. The van der Waals surface area contributed by atoms with E-state index in [1.165, 1.54) is 0 Å². The molecule has 2 rings (SSSR count). The first-order valence-electron chi connectivity index (χ1n) is 6.55. The number of ether oxygens (including phenoxy) is 1. The topological polar surface area (TPSA) is 55.6 Å². The Kier molecular flexibility index (Phi) is 3.75. The molecule has 1 unspecified atom stereocenters. The van der Waals surface area contributed by atoms with E-state index in [-0.39, 0.29) is 12.0 Å². The minimum absolute atomic E-state index is 0.0585. The van der Waals surface area contributed by atoms with E-state index >= 15 is 0 Å². The van der Waals surface area contributed by atoms with Gasteiger partial charge in [-0.05, 0) is 25.0 Å². The van der Waals surface area contributed by atoms with Crippen LogP contribution in [0.1, 0.15) is 33.1 Å². The number of hydrogen-bond donors (Lipinski definition) is 1. The van der Waals surface area contributed by atoms with Gasteiger partial charge in [0, 0.05) is 18.3 Å². The second-order valence-corrected chi connectivity index (χ2v) is 4.59. The fourth-order valence-electron chi connectivity index (χ4n) is 2.15. The Morgan fingerprint density at radius 1 is 1.39 bits per heavy atom. The van der Waals surface area contributed by atoms with E-state index < -0.39 is 0 Å². The lowest BCUT2D eigenvalue weighted by atomic mass is 10.1. The van der Waals surface area contributed by atoms with Gasteiger partial charge in [-0.3, -0.25) is 4.79 Å². The van der Waals surface area contributed by atoms with Crippen molar-refractivity contribution in [2.24, 2.45) is 0 Å². The molecule has 98 valence electrons. The molecule has 1 atom stereocenters. The summed E-state index contributed by atoms with van der Waals surface area (Å²) in [7, 11) is 0. The number of benzene rings is 1. The summed E-state index contributed by atoms with van der Waals surface area (Å²) in [4.78, 5) is 14.1. The maximum absolute atomic E-state index is 12.3. The molecule has 1 aromatic carbocycles. The predicted molar refractivity (Wildman–Crippen MR) is 72.8 cm³/mol. The Bertz CT molecular complexity index is 445. The number of fused-ring (bicyclic) bond motifs is 1. The van der Waals surface area contributed by atoms with Crippen molar-refractivity contribution in [3.63, 3.8) is 0 Å². The van der Waals surface area contributed by atoms with Crippen molar-refractivity contribution in [2.45, 2.75) is 39.2 Å². The number of nitrogens with two attached hydrogens (primary N) is 1. The molecule has 1 aliphatic heterocycles. The smallest absolute Gasteiger partial charge is 0.268 e. The Hall–Kier alpha value is -1.71.